The van der Waals surface area contributed by atoms with Crippen molar-refractivity contribution in [2.45, 2.75) is 63.9 Å². The molecule has 1 aromatic heterocycles. The molecule has 0 saturated heterocycles. The molecule has 0 aliphatic heterocycles. The summed E-state index contributed by atoms with van der Waals surface area (Å²) < 4.78 is 5.29. The van der Waals surface area contributed by atoms with Gasteiger partial charge < -0.3 is 14.6 Å². The molecule has 0 spiro atoms. The quantitative estimate of drug-likeness (QED) is 0.497. The fourth-order valence-electron chi connectivity index (χ4n) is 8.88. The van der Waals surface area contributed by atoms with E-state index in [0.29, 0.717) is 41.9 Å². The maximum atomic E-state index is 12.4. The summed E-state index contributed by atoms with van der Waals surface area (Å²) in [4.78, 5) is 12.4. The van der Waals surface area contributed by atoms with Gasteiger partial charge in [0.05, 0.1) is 24.7 Å². The van der Waals surface area contributed by atoms with Crippen molar-refractivity contribution in [2.75, 3.05) is 6.61 Å². The Morgan fingerprint density at radius 2 is 1.92 bits per heavy atom. The van der Waals surface area contributed by atoms with Gasteiger partial charge in [0.1, 0.15) is 0 Å². The Kier molecular flexibility index (Phi) is 5.88. The van der Waals surface area contributed by atoms with Crippen LogP contribution in [0.25, 0.3) is 11.1 Å². The van der Waals surface area contributed by atoms with Crippen molar-refractivity contribution >= 4 is 5.78 Å². The van der Waals surface area contributed by atoms with E-state index in [1.807, 2.05) is 18.2 Å². The predicted molar refractivity (Wildman–Crippen MR) is 140 cm³/mol. The van der Waals surface area contributed by atoms with Gasteiger partial charge in [0, 0.05) is 17.4 Å². The second kappa shape index (κ2) is 8.85. The molecule has 0 amide bonds. The molecule has 1 aromatic carbocycles. The zero-order chi connectivity index (χ0) is 25.1. The Balaban J connectivity index is 1.44. The van der Waals surface area contributed by atoms with E-state index in [-0.39, 0.29) is 17.8 Å². The van der Waals surface area contributed by atoms with Gasteiger partial charge in [-0.25, -0.2) is 0 Å². The highest BCUT2D eigenvalue weighted by Gasteiger charge is 2.64. The van der Waals surface area contributed by atoms with Gasteiger partial charge in [-0.3, -0.25) is 4.79 Å². The number of furan rings is 1. The topological polar surface area (TPSA) is 70.7 Å². The molecule has 4 nitrogen and oxygen atoms in total. The number of carbonyl (C=O) groups is 1. The number of hydrogen-bond donors (Lipinski definition) is 2. The molecule has 2 N–H and O–H groups in total. The first-order valence-electron chi connectivity index (χ1n) is 13.7. The first kappa shape index (κ1) is 23.9. The molecular formula is C32H38O4. The van der Waals surface area contributed by atoms with E-state index in [2.05, 4.69) is 38.1 Å². The molecule has 8 atom stereocenters. The van der Waals surface area contributed by atoms with E-state index in [4.69, 9.17) is 4.42 Å². The molecule has 4 aliphatic rings. The lowest BCUT2D eigenvalue weighted by atomic mass is 9.45. The van der Waals surface area contributed by atoms with Crippen molar-refractivity contribution in [3.63, 3.8) is 0 Å². The Hall–Kier alpha value is -2.43. The van der Waals surface area contributed by atoms with Crippen molar-refractivity contribution in [3.05, 3.63) is 72.2 Å². The van der Waals surface area contributed by atoms with E-state index in [1.165, 1.54) is 11.1 Å². The van der Waals surface area contributed by atoms with E-state index in [9.17, 15) is 15.0 Å². The predicted octanol–water partition coefficient (Wildman–Crippen LogP) is 6.31. The molecule has 3 fully saturated rings. The van der Waals surface area contributed by atoms with E-state index in [1.54, 1.807) is 18.6 Å². The number of fused-ring (bicyclic) bond motifs is 5. The third kappa shape index (κ3) is 3.60. The standard InChI is InChI=1S/C32H38O4/c1-20-16-27-29-10-13-32(35,12-3-14-33)31(29,2)18-28(30(27)25-9-8-24(34)17-26(20)25)22-6-4-21(5-7-22)23-11-15-36-19-23/h3-7,11-12,15,17,19-20,25,27-30,33,35H,8-10,13-14,16,18H2,1-2H3/b12-3-/t20-,25-,27-,28+,29-,30+,31-,32-/m0/s1. The van der Waals surface area contributed by atoms with Gasteiger partial charge in [0.2, 0.25) is 0 Å². The largest absolute Gasteiger partial charge is 0.472 e. The maximum absolute atomic E-state index is 12.4. The number of rotatable bonds is 4. The van der Waals surface area contributed by atoms with Crippen molar-refractivity contribution < 1.29 is 19.4 Å². The molecule has 36 heavy (non-hydrogen) atoms. The molecule has 4 heteroatoms. The molecule has 3 saturated carbocycles. The van der Waals surface area contributed by atoms with Crippen LogP contribution in [-0.2, 0) is 4.79 Å². The number of aliphatic hydroxyl groups excluding tert-OH is 1. The first-order valence-corrected chi connectivity index (χ1v) is 13.7. The van der Waals surface area contributed by atoms with E-state index in [0.717, 1.165) is 43.2 Å². The first-order chi connectivity index (χ1) is 17.3. The smallest absolute Gasteiger partial charge is 0.155 e. The fourth-order valence-corrected chi connectivity index (χ4v) is 8.88. The summed E-state index contributed by atoms with van der Waals surface area (Å²) in [5.74, 6) is 2.91. The van der Waals surface area contributed by atoms with Gasteiger partial charge in [-0.1, -0.05) is 55.8 Å². The average molecular weight is 487 g/mol. The van der Waals surface area contributed by atoms with Crippen LogP contribution in [-0.4, -0.2) is 28.2 Å². The van der Waals surface area contributed by atoms with Gasteiger partial charge in [0.25, 0.3) is 0 Å². The summed E-state index contributed by atoms with van der Waals surface area (Å²) in [5.41, 5.74) is 3.79. The van der Waals surface area contributed by atoms with Crippen molar-refractivity contribution in [1.29, 1.82) is 0 Å². The lowest BCUT2D eigenvalue weighted by Gasteiger charge is -2.59. The number of aliphatic hydroxyl groups is 2. The minimum atomic E-state index is -0.901. The van der Waals surface area contributed by atoms with E-state index < -0.39 is 5.60 Å². The van der Waals surface area contributed by atoms with Gasteiger partial charge in [-0.05, 0) is 90.9 Å². The SMILES string of the molecule is C[C@H]1C[C@@H]2[C@H]([C@@H](c3ccc(-c4ccoc4)cc3)C[C@@]3(C)[C@H]2CC[C@@]3(O)/C=C\CO)[C@H]2CCC(=O)C=C12. The highest BCUT2D eigenvalue weighted by molar-refractivity contribution is 5.91. The number of allylic oxidation sites excluding steroid dienone is 1. The Bertz CT molecular complexity index is 1180. The highest BCUT2D eigenvalue weighted by Crippen LogP contribution is 2.69. The third-order valence-corrected chi connectivity index (χ3v) is 10.6. The lowest BCUT2D eigenvalue weighted by Crippen LogP contribution is -2.55. The molecule has 0 unspecified atom stereocenters. The summed E-state index contributed by atoms with van der Waals surface area (Å²) in [7, 11) is 0. The second-order valence-electron chi connectivity index (χ2n) is 12.2. The molecule has 0 radical (unpaired) electrons. The summed E-state index contributed by atoms with van der Waals surface area (Å²) in [6.07, 6.45) is 14.5. The summed E-state index contributed by atoms with van der Waals surface area (Å²) >= 11 is 0. The van der Waals surface area contributed by atoms with Crippen LogP contribution in [0.3, 0.4) is 0 Å². The Morgan fingerprint density at radius 1 is 1.11 bits per heavy atom. The normalized spacial score (nSPS) is 40.0. The number of carbonyl (C=O) groups excluding carboxylic acids is 1. The Labute approximate surface area is 214 Å². The van der Waals surface area contributed by atoms with Crippen LogP contribution >= 0.6 is 0 Å². The zero-order valence-electron chi connectivity index (χ0n) is 21.4. The second-order valence-corrected chi connectivity index (χ2v) is 12.2. The molecular weight excluding hydrogens is 448 g/mol. The van der Waals surface area contributed by atoms with Gasteiger partial charge in [-0.15, -0.1) is 0 Å². The summed E-state index contributed by atoms with van der Waals surface area (Å²) in [5, 5.41) is 21.5. The molecule has 4 aliphatic carbocycles. The van der Waals surface area contributed by atoms with Gasteiger partial charge >= 0.3 is 0 Å². The summed E-state index contributed by atoms with van der Waals surface area (Å²) in [6, 6.07) is 10.9. The molecule has 190 valence electrons. The minimum absolute atomic E-state index is 0.0463. The van der Waals surface area contributed by atoms with Crippen LogP contribution < -0.4 is 0 Å². The van der Waals surface area contributed by atoms with Crippen LogP contribution in [0.1, 0.15) is 63.9 Å². The average Bonchev–Trinajstić information content (AvgIpc) is 3.50. The van der Waals surface area contributed by atoms with Crippen LogP contribution in [0.4, 0.5) is 0 Å². The van der Waals surface area contributed by atoms with Gasteiger partial charge in [0.15, 0.2) is 5.78 Å². The molecule has 2 aromatic rings. The van der Waals surface area contributed by atoms with E-state index >= 15 is 0 Å². The molecule has 1 heterocycles. The molecule has 0 bridgehead atoms. The summed E-state index contributed by atoms with van der Waals surface area (Å²) in [6.45, 7) is 4.56. The van der Waals surface area contributed by atoms with Crippen molar-refractivity contribution in [1.82, 2.24) is 0 Å². The van der Waals surface area contributed by atoms with Crippen LogP contribution in [0.15, 0.2) is 71.1 Å². The monoisotopic (exact) mass is 486 g/mol. The number of ketones is 1. The Morgan fingerprint density at radius 3 is 2.64 bits per heavy atom. The number of hydrogen-bond acceptors (Lipinski definition) is 4. The molecule has 6 rings (SSSR count). The van der Waals surface area contributed by atoms with Gasteiger partial charge in [-0.2, -0.15) is 0 Å². The van der Waals surface area contributed by atoms with Crippen LogP contribution in [0.5, 0.6) is 0 Å². The fraction of sp³-hybridized carbons (Fsp3) is 0.531. The zero-order valence-corrected chi connectivity index (χ0v) is 21.4. The maximum Gasteiger partial charge on any atom is 0.155 e. The van der Waals surface area contributed by atoms with Crippen LogP contribution in [0.2, 0.25) is 0 Å². The van der Waals surface area contributed by atoms with Crippen molar-refractivity contribution in [2.24, 2.45) is 35.0 Å². The van der Waals surface area contributed by atoms with Crippen LogP contribution in [0, 0.1) is 35.0 Å². The minimum Gasteiger partial charge on any atom is -0.472 e. The third-order valence-electron chi connectivity index (χ3n) is 10.6. The number of benzene rings is 1. The lowest BCUT2D eigenvalue weighted by molar-refractivity contribution is -0.118. The van der Waals surface area contributed by atoms with Crippen molar-refractivity contribution in [3.8, 4) is 11.1 Å². The highest BCUT2D eigenvalue weighted by atomic mass is 16.3.